The minimum Gasteiger partial charge on any atom is -0.374 e. The van der Waals surface area contributed by atoms with Crippen molar-refractivity contribution >= 4 is 30.6 Å². The van der Waals surface area contributed by atoms with Crippen LogP contribution in [0.1, 0.15) is 56.1 Å². The van der Waals surface area contributed by atoms with Gasteiger partial charge in [-0.3, -0.25) is 0 Å². The number of nitrogens with zero attached hydrogens (tertiary/aromatic N) is 2. The highest BCUT2D eigenvalue weighted by molar-refractivity contribution is 5.85. The van der Waals surface area contributed by atoms with Gasteiger partial charge >= 0.3 is 0 Å². The normalized spacial score (nSPS) is 23.2. The zero-order valence-electron chi connectivity index (χ0n) is 16.1. The van der Waals surface area contributed by atoms with Crippen molar-refractivity contribution in [3.63, 3.8) is 0 Å². The zero-order valence-corrected chi connectivity index (χ0v) is 17.7. The van der Waals surface area contributed by atoms with E-state index in [9.17, 15) is 0 Å². The Labute approximate surface area is 174 Å². The van der Waals surface area contributed by atoms with Crippen molar-refractivity contribution in [3.8, 4) is 0 Å². The second-order valence-corrected chi connectivity index (χ2v) is 7.55. The number of halogens is 2. The summed E-state index contributed by atoms with van der Waals surface area (Å²) in [6.07, 6.45) is 8.08. The molecule has 6 nitrogen and oxygen atoms in total. The van der Waals surface area contributed by atoms with Gasteiger partial charge in [-0.15, -0.1) is 24.8 Å². The molecule has 1 aromatic heterocycles. The number of ether oxygens (including phenoxy) is 2. The molecule has 2 N–H and O–H groups in total. The maximum absolute atomic E-state index is 6.21. The molecular formula is C19H32Cl2N4O2. The van der Waals surface area contributed by atoms with Gasteiger partial charge in [0.15, 0.2) is 5.82 Å². The van der Waals surface area contributed by atoms with Crippen LogP contribution in [0.2, 0.25) is 0 Å². The maximum atomic E-state index is 6.21. The van der Waals surface area contributed by atoms with E-state index in [0.29, 0.717) is 19.3 Å². The fourth-order valence-corrected chi connectivity index (χ4v) is 4.47. The fourth-order valence-electron chi connectivity index (χ4n) is 4.47. The largest absolute Gasteiger partial charge is 0.374 e. The molecule has 1 atom stereocenters. The second-order valence-electron chi connectivity index (χ2n) is 7.55. The van der Waals surface area contributed by atoms with Crippen LogP contribution in [-0.2, 0) is 28.9 Å². The average Bonchev–Trinajstić information content (AvgIpc) is 3.16. The highest BCUT2D eigenvalue weighted by atomic mass is 35.5. The predicted octanol–water partition coefficient (Wildman–Crippen LogP) is 3.06. The topological polar surface area (TPSA) is 68.3 Å². The number of anilines is 1. The van der Waals surface area contributed by atoms with Crippen molar-refractivity contribution in [2.45, 2.75) is 70.1 Å². The summed E-state index contributed by atoms with van der Waals surface area (Å²) in [7, 11) is 0. The van der Waals surface area contributed by atoms with Crippen LogP contribution in [0.4, 0.5) is 5.82 Å². The van der Waals surface area contributed by atoms with E-state index in [2.05, 4.69) is 10.6 Å². The Kier molecular flexibility index (Phi) is 8.56. The van der Waals surface area contributed by atoms with Gasteiger partial charge in [-0.25, -0.2) is 9.97 Å². The summed E-state index contributed by atoms with van der Waals surface area (Å²) in [4.78, 5) is 9.58. The van der Waals surface area contributed by atoms with Gasteiger partial charge in [-0.2, -0.15) is 0 Å². The van der Waals surface area contributed by atoms with Gasteiger partial charge in [0.25, 0.3) is 0 Å². The molecule has 0 radical (unpaired) electrons. The summed E-state index contributed by atoms with van der Waals surface area (Å²) in [6.45, 7) is 5.93. The Morgan fingerprint density at radius 1 is 1.19 bits per heavy atom. The minimum atomic E-state index is 0. The molecule has 1 unspecified atom stereocenters. The van der Waals surface area contributed by atoms with Gasteiger partial charge in [0.05, 0.1) is 23.9 Å². The van der Waals surface area contributed by atoms with E-state index in [1.165, 1.54) is 36.9 Å². The molecule has 4 rings (SSSR count). The van der Waals surface area contributed by atoms with E-state index in [4.69, 9.17) is 19.4 Å². The van der Waals surface area contributed by atoms with Crippen LogP contribution in [0.15, 0.2) is 0 Å². The summed E-state index contributed by atoms with van der Waals surface area (Å²) in [5, 5.41) is 7.17. The lowest BCUT2D eigenvalue weighted by molar-refractivity contribution is 0.0103. The van der Waals surface area contributed by atoms with Crippen molar-refractivity contribution in [1.29, 1.82) is 0 Å². The van der Waals surface area contributed by atoms with Gasteiger partial charge in [-0.1, -0.05) is 12.8 Å². The molecule has 1 saturated carbocycles. The minimum absolute atomic E-state index is 0. The van der Waals surface area contributed by atoms with Crippen molar-refractivity contribution in [2.24, 2.45) is 0 Å². The highest BCUT2D eigenvalue weighted by Crippen LogP contribution is 2.41. The first-order valence-electron chi connectivity index (χ1n) is 9.86. The molecule has 2 aliphatic heterocycles. The maximum Gasteiger partial charge on any atom is 0.156 e. The first-order chi connectivity index (χ1) is 12.3. The SMILES string of the molecule is CCOCc1nc2c(c(NC3COC4(CCCC4)C3)n1)CCNCC2.Cl.Cl. The van der Waals surface area contributed by atoms with Crippen molar-refractivity contribution in [2.75, 3.05) is 31.6 Å². The van der Waals surface area contributed by atoms with E-state index in [-0.39, 0.29) is 30.4 Å². The Bertz CT molecular complexity index is 612. The third-order valence-electron chi connectivity index (χ3n) is 5.73. The number of hydrogen-bond donors (Lipinski definition) is 2. The van der Waals surface area contributed by atoms with E-state index in [1.54, 1.807) is 0 Å². The van der Waals surface area contributed by atoms with Crippen LogP contribution in [0.5, 0.6) is 0 Å². The molecule has 3 heterocycles. The predicted molar refractivity (Wildman–Crippen MR) is 111 cm³/mol. The monoisotopic (exact) mass is 418 g/mol. The number of nitrogens with one attached hydrogen (secondary N) is 2. The van der Waals surface area contributed by atoms with E-state index < -0.39 is 0 Å². The van der Waals surface area contributed by atoms with Crippen molar-refractivity contribution in [3.05, 3.63) is 17.1 Å². The molecule has 8 heteroatoms. The van der Waals surface area contributed by atoms with Crippen LogP contribution >= 0.6 is 24.8 Å². The summed E-state index contributed by atoms with van der Waals surface area (Å²) in [5.41, 5.74) is 2.58. The van der Waals surface area contributed by atoms with Gasteiger partial charge in [0.1, 0.15) is 12.4 Å². The smallest absolute Gasteiger partial charge is 0.156 e. The molecule has 27 heavy (non-hydrogen) atoms. The molecule has 0 bridgehead atoms. The lowest BCUT2D eigenvalue weighted by atomic mass is 9.96. The zero-order chi connectivity index (χ0) is 17.1. The van der Waals surface area contributed by atoms with Crippen LogP contribution in [0.3, 0.4) is 0 Å². The molecule has 1 saturated heterocycles. The van der Waals surface area contributed by atoms with E-state index in [1.807, 2.05) is 6.92 Å². The molecule has 1 aromatic rings. The van der Waals surface area contributed by atoms with E-state index >= 15 is 0 Å². The summed E-state index contributed by atoms with van der Waals surface area (Å²) >= 11 is 0. The standard InChI is InChI=1S/C19H30N4O2.2ClH/c1-2-24-13-17-22-16-6-10-20-9-5-15(16)18(23-17)21-14-11-19(25-12-14)7-3-4-8-19;;/h14,20H,2-13H2,1H3,(H,21,22,23);2*1H. The first-order valence-corrected chi connectivity index (χ1v) is 9.86. The lowest BCUT2D eigenvalue weighted by Gasteiger charge is -2.22. The molecule has 154 valence electrons. The molecule has 2 fully saturated rings. The molecule has 1 spiro atoms. The Balaban J connectivity index is 0.00000131. The number of aromatic nitrogens is 2. The number of fused-ring (bicyclic) bond motifs is 1. The first kappa shape index (κ1) is 22.6. The summed E-state index contributed by atoms with van der Waals surface area (Å²) in [5.74, 6) is 1.80. The van der Waals surface area contributed by atoms with Crippen LogP contribution in [-0.4, -0.2) is 47.9 Å². The van der Waals surface area contributed by atoms with Gasteiger partial charge in [0.2, 0.25) is 0 Å². The summed E-state index contributed by atoms with van der Waals surface area (Å²) < 4.78 is 11.8. The quantitative estimate of drug-likeness (QED) is 0.765. The second kappa shape index (κ2) is 10.2. The van der Waals surface area contributed by atoms with Gasteiger partial charge in [-0.05, 0) is 39.2 Å². The highest BCUT2D eigenvalue weighted by Gasteiger charge is 2.42. The van der Waals surface area contributed by atoms with E-state index in [0.717, 1.165) is 50.6 Å². The molecular weight excluding hydrogens is 387 g/mol. The molecule has 3 aliphatic rings. The van der Waals surface area contributed by atoms with Gasteiger partial charge < -0.3 is 20.1 Å². The lowest BCUT2D eigenvalue weighted by Crippen LogP contribution is -2.26. The molecule has 1 aliphatic carbocycles. The fraction of sp³-hybridized carbons (Fsp3) is 0.789. The van der Waals surface area contributed by atoms with Crippen LogP contribution in [0.25, 0.3) is 0 Å². The Morgan fingerprint density at radius 2 is 1.96 bits per heavy atom. The van der Waals surface area contributed by atoms with Crippen molar-refractivity contribution < 1.29 is 9.47 Å². The third-order valence-corrected chi connectivity index (χ3v) is 5.73. The van der Waals surface area contributed by atoms with Crippen molar-refractivity contribution in [1.82, 2.24) is 15.3 Å². The van der Waals surface area contributed by atoms with Crippen LogP contribution in [0, 0.1) is 0 Å². The molecule has 0 amide bonds. The number of hydrogen-bond acceptors (Lipinski definition) is 6. The Morgan fingerprint density at radius 3 is 2.74 bits per heavy atom. The summed E-state index contributed by atoms with van der Waals surface area (Å²) in [6, 6.07) is 0.355. The van der Waals surface area contributed by atoms with Gasteiger partial charge in [0, 0.05) is 25.1 Å². The van der Waals surface area contributed by atoms with Crippen LogP contribution < -0.4 is 10.6 Å². The Hall–Kier alpha value is -0.660. The average molecular weight is 419 g/mol. The number of rotatable bonds is 5. The molecule has 0 aromatic carbocycles. The third kappa shape index (κ3) is 5.24.